The minimum atomic E-state index is -2.75. The van der Waals surface area contributed by atoms with Gasteiger partial charge in [0, 0.05) is 6.04 Å². The lowest BCUT2D eigenvalue weighted by Gasteiger charge is -2.37. The topological polar surface area (TPSA) is 46.2 Å². The molecule has 2 unspecified atom stereocenters. The van der Waals surface area contributed by atoms with Crippen LogP contribution in [0.1, 0.15) is 52.4 Å². The molecule has 0 radical (unpaired) electrons. The van der Waals surface area contributed by atoms with Crippen LogP contribution in [-0.2, 0) is 9.84 Å². The van der Waals surface area contributed by atoms with Crippen LogP contribution in [0.2, 0.25) is 0 Å². The van der Waals surface area contributed by atoms with Gasteiger partial charge < -0.3 is 5.32 Å². The monoisotopic (exact) mass is 287 g/mol. The predicted molar refractivity (Wildman–Crippen MR) is 80.0 cm³/mol. The van der Waals surface area contributed by atoms with E-state index in [1.807, 2.05) is 0 Å². The molecule has 1 heterocycles. The first-order valence-corrected chi connectivity index (χ1v) is 9.81. The highest BCUT2D eigenvalue weighted by atomic mass is 32.2. The van der Waals surface area contributed by atoms with Gasteiger partial charge in [0.1, 0.15) is 0 Å². The minimum absolute atomic E-state index is 0.355. The van der Waals surface area contributed by atoms with Crippen molar-refractivity contribution < 1.29 is 8.42 Å². The lowest BCUT2D eigenvalue weighted by atomic mass is 9.74. The van der Waals surface area contributed by atoms with E-state index in [2.05, 4.69) is 19.2 Å². The van der Waals surface area contributed by atoms with Crippen LogP contribution in [0.4, 0.5) is 0 Å². The quantitative estimate of drug-likeness (QED) is 0.845. The minimum Gasteiger partial charge on any atom is -0.314 e. The number of nitrogens with one attached hydrogen (secondary N) is 1. The Morgan fingerprint density at radius 1 is 1.05 bits per heavy atom. The normalized spacial score (nSPS) is 36.2. The van der Waals surface area contributed by atoms with Gasteiger partial charge >= 0.3 is 0 Å². The van der Waals surface area contributed by atoms with Gasteiger partial charge in [-0.2, -0.15) is 0 Å². The van der Waals surface area contributed by atoms with Crippen LogP contribution < -0.4 is 5.32 Å². The largest absolute Gasteiger partial charge is 0.314 e. The third kappa shape index (κ3) is 3.94. The molecule has 0 bridgehead atoms. The second-order valence-electron chi connectivity index (χ2n) is 6.44. The summed E-state index contributed by atoms with van der Waals surface area (Å²) in [6.45, 7) is 5.37. The summed E-state index contributed by atoms with van der Waals surface area (Å²) >= 11 is 0. The Morgan fingerprint density at radius 2 is 1.74 bits per heavy atom. The van der Waals surface area contributed by atoms with Crippen LogP contribution in [0.15, 0.2) is 0 Å². The molecular formula is C15H29NO2S. The van der Waals surface area contributed by atoms with Crippen molar-refractivity contribution in [3.8, 4) is 0 Å². The summed E-state index contributed by atoms with van der Waals surface area (Å²) in [5.41, 5.74) is 0. The van der Waals surface area contributed by atoms with Crippen molar-refractivity contribution >= 4 is 9.84 Å². The van der Waals surface area contributed by atoms with Crippen molar-refractivity contribution in [1.82, 2.24) is 5.32 Å². The molecule has 1 saturated heterocycles. The molecule has 1 N–H and O–H groups in total. The van der Waals surface area contributed by atoms with E-state index in [-0.39, 0.29) is 0 Å². The summed E-state index contributed by atoms with van der Waals surface area (Å²) in [5, 5.41) is 3.60. The molecular weight excluding hydrogens is 258 g/mol. The molecule has 2 fully saturated rings. The molecule has 0 spiro atoms. The van der Waals surface area contributed by atoms with Crippen molar-refractivity contribution in [2.45, 2.75) is 58.4 Å². The van der Waals surface area contributed by atoms with E-state index < -0.39 is 9.84 Å². The highest BCUT2D eigenvalue weighted by Crippen LogP contribution is 2.36. The molecule has 2 rings (SSSR count). The van der Waals surface area contributed by atoms with Gasteiger partial charge in [-0.1, -0.05) is 33.1 Å². The molecule has 0 aromatic rings. The summed E-state index contributed by atoms with van der Waals surface area (Å²) in [7, 11) is -2.75. The van der Waals surface area contributed by atoms with Crippen LogP contribution in [-0.4, -0.2) is 32.5 Å². The van der Waals surface area contributed by atoms with Crippen LogP contribution >= 0.6 is 0 Å². The zero-order chi connectivity index (χ0) is 13.9. The second-order valence-corrected chi connectivity index (χ2v) is 8.66. The fourth-order valence-corrected chi connectivity index (χ4v) is 5.87. The summed E-state index contributed by atoms with van der Waals surface area (Å²) in [5.74, 6) is 2.78. The maximum atomic E-state index is 11.7. The lowest BCUT2D eigenvalue weighted by Crippen LogP contribution is -2.44. The smallest absolute Gasteiger partial charge is 0.150 e. The number of hydrogen-bond donors (Lipinski definition) is 1. The van der Waals surface area contributed by atoms with E-state index in [1.54, 1.807) is 0 Å². The molecule has 1 saturated carbocycles. The van der Waals surface area contributed by atoms with Gasteiger partial charge in [-0.25, -0.2) is 8.42 Å². The number of rotatable bonds is 5. The first kappa shape index (κ1) is 15.3. The highest BCUT2D eigenvalue weighted by molar-refractivity contribution is 7.91. The van der Waals surface area contributed by atoms with Gasteiger partial charge in [0.2, 0.25) is 0 Å². The Morgan fingerprint density at radius 3 is 2.21 bits per heavy atom. The van der Waals surface area contributed by atoms with Crippen LogP contribution in [0, 0.1) is 17.8 Å². The summed E-state index contributed by atoms with van der Waals surface area (Å²) in [6, 6.07) is 0.431. The van der Waals surface area contributed by atoms with E-state index >= 15 is 0 Å². The molecule has 3 nitrogen and oxygen atoms in total. The molecule has 1 aliphatic carbocycles. The van der Waals surface area contributed by atoms with Crippen LogP contribution in [0.5, 0.6) is 0 Å². The number of sulfone groups is 1. The van der Waals surface area contributed by atoms with Gasteiger partial charge in [0.15, 0.2) is 9.84 Å². The summed E-state index contributed by atoms with van der Waals surface area (Å²) in [4.78, 5) is 0. The molecule has 2 atom stereocenters. The summed E-state index contributed by atoms with van der Waals surface area (Å²) < 4.78 is 23.4. The zero-order valence-electron chi connectivity index (χ0n) is 12.4. The third-order valence-electron chi connectivity index (χ3n) is 5.19. The van der Waals surface area contributed by atoms with E-state index in [9.17, 15) is 8.42 Å². The van der Waals surface area contributed by atoms with E-state index in [0.717, 1.165) is 18.9 Å². The Bertz CT molecular complexity index is 372. The SMILES string of the molecule is CCNC(C1CCC(CC)CC1)C1CCS(=O)(=O)C1. The van der Waals surface area contributed by atoms with Gasteiger partial charge in [-0.3, -0.25) is 0 Å². The van der Waals surface area contributed by atoms with Crippen molar-refractivity contribution in [3.63, 3.8) is 0 Å². The molecule has 0 aromatic heterocycles. The van der Waals surface area contributed by atoms with Crippen molar-refractivity contribution in [3.05, 3.63) is 0 Å². The van der Waals surface area contributed by atoms with Crippen molar-refractivity contribution in [2.75, 3.05) is 18.1 Å². The van der Waals surface area contributed by atoms with E-state index in [0.29, 0.717) is 29.4 Å². The van der Waals surface area contributed by atoms with Crippen LogP contribution in [0.25, 0.3) is 0 Å². The fourth-order valence-electron chi connectivity index (χ4n) is 4.02. The van der Waals surface area contributed by atoms with Crippen molar-refractivity contribution in [1.29, 1.82) is 0 Å². The Hall–Kier alpha value is -0.0900. The lowest BCUT2D eigenvalue weighted by molar-refractivity contribution is 0.185. The predicted octanol–water partition coefficient (Wildman–Crippen LogP) is 2.62. The van der Waals surface area contributed by atoms with E-state index in [1.165, 1.54) is 32.1 Å². The molecule has 0 aromatic carbocycles. The first-order valence-electron chi connectivity index (χ1n) is 7.99. The summed E-state index contributed by atoms with van der Waals surface area (Å²) in [6.07, 6.45) is 7.41. The number of hydrogen-bond acceptors (Lipinski definition) is 3. The molecule has 4 heteroatoms. The van der Waals surface area contributed by atoms with Gasteiger partial charge in [-0.15, -0.1) is 0 Å². The molecule has 1 aliphatic heterocycles. The molecule has 0 amide bonds. The van der Waals surface area contributed by atoms with Gasteiger partial charge in [0.05, 0.1) is 11.5 Å². The average molecular weight is 287 g/mol. The Kier molecular flexibility index (Phi) is 5.29. The Balaban J connectivity index is 1.97. The highest BCUT2D eigenvalue weighted by Gasteiger charge is 2.38. The van der Waals surface area contributed by atoms with Gasteiger partial charge in [0.25, 0.3) is 0 Å². The van der Waals surface area contributed by atoms with Gasteiger partial charge in [-0.05, 0) is 43.6 Å². The Labute approximate surface area is 118 Å². The fraction of sp³-hybridized carbons (Fsp3) is 1.00. The van der Waals surface area contributed by atoms with E-state index in [4.69, 9.17) is 0 Å². The average Bonchev–Trinajstić information content (AvgIpc) is 2.76. The van der Waals surface area contributed by atoms with Crippen LogP contribution in [0.3, 0.4) is 0 Å². The molecule has 19 heavy (non-hydrogen) atoms. The maximum Gasteiger partial charge on any atom is 0.150 e. The second kappa shape index (κ2) is 6.57. The first-order chi connectivity index (χ1) is 9.05. The zero-order valence-corrected chi connectivity index (χ0v) is 13.2. The van der Waals surface area contributed by atoms with Crippen molar-refractivity contribution in [2.24, 2.45) is 17.8 Å². The third-order valence-corrected chi connectivity index (χ3v) is 6.99. The molecule has 2 aliphatic rings. The standard InChI is InChI=1S/C15H29NO2S/c1-3-12-5-7-13(8-6-12)15(16-4-2)14-9-10-19(17,18)11-14/h12-16H,3-11H2,1-2H3. The molecule has 112 valence electrons. The maximum absolute atomic E-state index is 11.7.